The Kier molecular flexibility index (Phi) is 6.90. The first-order valence-corrected chi connectivity index (χ1v) is 5.87. The maximum Gasteiger partial charge on any atom is 0.0630 e. The van der Waals surface area contributed by atoms with Gasteiger partial charge >= 0.3 is 0 Å². The summed E-state index contributed by atoms with van der Waals surface area (Å²) in [6.45, 7) is 12.5. The molecule has 0 amide bonds. The Morgan fingerprint density at radius 2 is 1.71 bits per heavy atom. The number of rotatable bonds is 7. The standard InChI is InChI=1S/C13H26O/c1-6-11(7-2)13(14)12(8-3)9-10(4)5/h8,10-14H,3,6-7,9H2,1-2,4-5H3/t12-,13-/m1/s1. The third-order valence-electron chi connectivity index (χ3n) is 3.02. The minimum atomic E-state index is -0.204. The van der Waals surface area contributed by atoms with Gasteiger partial charge in [-0.05, 0) is 18.3 Å². The van der Waals surface area contributed by atoms with Crippen molar-refractivity contribution in [2.45, 2.75) is 53.1 Å². The first-order valence-electron chi connectivity index (χ1n) is 5.87. The summed E-state index contributed by atoms with van der Waals surface area (Å²) < 4.78 is 0. The van der Waals surface area contributed by atoms with Crippen LogP contribution < -0.4 is 0 Å². The molecule has 14 heavy (non-hydrogen) atoms. The van der Waals surface area contributed by atoms with Crippen LogP contribution in [0.1, 0.15) is 47.0 Å². The molecule has 0 fully saturated rings. The molecule has 0 saturated carbocycles. The molecule has 0 aliphatic rings. The smallest absolute Gasteiger partial charge is 0.0630 e. The van der Waals surface area contributed by atoms with Crippen LogP contribution in [-0.4, -0.2) is 11.2 Å². The lowest BCUT2D eigenvalue weighted by Crippen LogP contribution is -2.28. The lowest BCUT2D eigenvalue weighted by molar-refractivity contribution is 0.0567. The fourth-order valence-electron chi connectivity index (χ4n) is 2.04. The van der Waals surface area contributed by atoms with Crippen molar-refractivity contribution in [1.29, 1.82) is 0 Å². The molecule has 0 heterocycles. The Labute approximate surface area is 89.2 Å². The van der Waals surface area contributed by atoms with Gasteiger partial charge in [-0.2, -0.15) is 0 Å². The molecule has 0 unspecified atom stereocenters. The maximum absolute atomic E-state index is 10.1. The van der Waals surface area contributed by atoms with Gasteiger partial charge in [0, 0.05) is 5.92 Å². The van der Waals surface area contributed by atoms with Crippen molar-refractivity contribution in [3.8, 4) is 0 Å². The molecule has 0 aromatic heterocycles. The highest BCUT2D eigenvalue weighted by Gasteiger charge is 2.23. The van der Waals surface area contributed by atoms with Crippen molar-refractivity contribution in [3.05, 3.63) is 12.7 Å². The van der Waals surface area contributed by atoms with E-state index in [1.807, 2.05) is 6.08 Å². The van der Waals surface area contributed by atoms with Crippen molar-refractivity contribution in [2.24, 2.45) is 17.8 Å². The minimum absolute atomic E-state index is 0.204. The molecule has 0 aliphatic carbocycles. The monoisotopic (exact) mass is 198 g/mol. The summed E-state index contributed by atoms with van der Waals surface area (Å²) in [5.41, 5.74) is 0. The second-order valence-electron chi connectivity index (χ2n) is 4.60. The quantitative estimate of drug-likeness (QED) is 0.619. The molecule has 0 spiro atoms. The van der Waals surface area contributed by atoms with Gasteiger partial charge < -0.3 is 5.11 Å². The molecule has 0 aliphatic heterocycles. The molecule has 0 rings (SSSR count). The Morgan fingerprint density at radius 3 is 2.00 bits per heavy atom. The van der Waals surface area contributed by atoms with E-state index in [9.17, 15) is 5.11 Å². The van der Waals surface area contributed by atoms with Gasteiger partial charge in [-0.3, -0.25) is 0 Å². The number of hydrogen-bond donors (Lipinski definition) is 1. The van der Waals surface area contributed by atoms with Gasteiger partial charge in [-0.1, -0.05) is 46.6 Å². The predicted molar refractivity (Wildman–Crippen MR) is 63.2 cm³/mol. The van der Waals surface area contributed by atoms with Gasteiger partial charge in [-0.25, -0.2) is 0 Å². The number of aliphatic hydroxyl groups is 1. The van der Waals surface area contributed by atoms with Crippen LogP contribution in [0, 0.1) is 17.8 Å². The molecule has 1 heteroatoms. The third-order valence-corrected chi connectivity index (χ3v) is 3.02. The zero-order chi connectivity index (χ0) is 11.1. The largest absolute Gasteiger partial charge is 0.392 e. The van der Waals surface area contributed by atoms with Crippen molar-refractivity contribution < 1.29 is 5.11 Å². The van der Waals surface area contributed by atoms with Crippen LogP contribution in [0.2, 0.25) is 0 Å². The van der Waals surface area contributed by atoms with E-state index in [0.29, 0.717) is 11.8 Å². The van der Waals surface area contributed by atoms with Gasteiger partial charge in [0.15, 0.2) is 0 Å². The van der Waals surface area contributed by atoms with Crippen molar-refractivity contribution in [3.63, 3.8) is 0 Å². The van der Waals surface area contributed by atoms with Crippen molar-refractivity contribution in [1.82, 2.24) is 0 Å². The van der Waals surface area contributed by atoms with E-state index in [1.165, 1.54) is 0 Å². The van der Waals surface area contributed by atoms with Gasteiger partial charge in [0.05, 0.1) is 6.10 Å². The van der Waals surface area contributed by atoms with Gasteiger partial charge in [0.1, 0.15) is 0 Å². The zero-order valence-electron chi connectivity index (χ0n) is 10.2. The zero-order valence-corrected chi connectivity index (χ0v) is 10.2. The van der Waals surface area contributed by atoms with E-state index < -0.39 is 0 Å². The second-order valence-corrected chi connectivity index (χ2v) is 4.60. The molecular weight excluding hydrogens is 172 g/mol. The summed E-state index contributed by atoms with van der Waals surface area (Å²) in [5, 5.41) is 10.1. The van der Waals surface area contributed by atoms with Crippen LogP contribution in [0.4, 0.5) is 0 Å². The molecule has 0 saturated heterocycles. The van der Waals surface area contributed by atoms with Crippen LogP contribution in [0.25, 0.3) is 0 Å². The molecule has 2 atom stereocenters. The van der Waals surface area contributed by atoms with Gasteiger partial charge in [-0.15, -0.1) is 6.58 Å². The van der Waals surface area contributed by atoms with Crippen molar-refractivity contribution >= 4 is 0 Å². The fourth-order valence-corrected chi connectivity index (χ4v) is 2.04. The summed E-state index contributed by atoms with van der Waals surface area (Å²) in [7, 11) is 0. The minimum Gasteiger partial charge on any atom is -0.392 e. The van der Waals surface area contributed by atoms with E-state index in [1.54, 1.807) is 0 Å². The van der Waals surface area contributed by atoms with E-state index in [4.69, 9.17) is 0 Å². The summed E-state index contributed by atoms with van der Waals surface area (Å²) in [4.78, 5) is 0. The normalized spacial score (nSPS) is 15.9. The lowest BCUT2D eigenvalue weighted by Gasteiger charge is -2.27. The Hall–Kier alpha value is -0.300. The fraction of sp³-hybridized carbons (Fsp3) is 0.846. The SMILES string of the molecule is C=C[C@H](CC(C)C)[C@H](O)C(CC)CC. The molecule has 0 aromatic rings. The highest BCUT2D eigenvalue weighted by molar-refractivity contribution is 4.88. The molecule has 0 radical (unpaired) electrons. The average Bonchev–Trinajstić information content (AvgIpc) is 2.15. The summed E-state index contributed by atoms with van der Waals surface area (Å²) in [6.07, 6.45) is 4.87. The Balaban J connectivity index is 4.27. The van der Waals surface area contributed by atoms with Gasteiger partial charge in [0.2, 0.25) is 0 Å². The molecule has 0 bridgehead atoms. The number of aliphatic hydroxyl groups excluding tert-OH is 1. The van der Waals surface area contributed by atoms with Gasteiger partial charge in [0.25, 0.3) is 0 Å². The number of hydrogen-bond acceptors (Lipinski definition) is 1. The predicted octanol–water partition coefficient (Wildman–Crippen LogP) is 3.63. The van der Waals surface area contributed by atoms with E-state index in [2.05, 4.69) is 34.3 Å². The van der Waals surface area contributed by atoms with Crippen LogP contribution >= 0.6 is 0 Å². The van der Waals surface area contributed by atoms with Crippen LogP contribution in [0.5, 0.6) is 0 Å². The first-order chi connectivity index (χ1) is 6.56. The Bertz CT molecular complexity index is 147. The highest BCUT2D eigenvalue weighted by Crippen LogP contribution is 2.25. The highest BCUT2D eigenvalue weighted by atomic mass is 16.3. The van der Waals surface area contributed by atoms with Crippen LogP contribution in [0.15, 0.2) is 12.7 Å². The van der Waals surface area contributed by atoms with E-state index in [0.717, 1.165) is 19.3 Å². The summed E-state index contributed by atoms with van der Waals surface area (Å²) >= 11 is 0. The second kappa shape index (κ2) is 7.05. The molecule has 0 aromatic carbocycles. The molecule has 1 nitrogen and oxygen atoms in total. The molecule has 1 N–H and O–H groups in total. The molecular formula is C13H26O. The third kappa shape index (κ3) is 4.28. The average molecular weight is 198 g/mol. The van der Waals surface area contributed by atoms with Crippen LogP contribution in [-0.2, 0) is 0 Å². The van der Waals surface area contributed by atoms with Crippen LogP contribution in [0.3, 0.4) is 0 Å². The Morgan fingerprint density at radius 1 is 1.21 bits per heavy atom. The first kappa shape index (κ1) is 13.7. The summed E-state index contributed by atoms with van der Waals surface area (Å²) in [5.74, 6) is 1.32. The molecule has 84 valence electrons. The van der Waals surface area contributed by atoms with E-state index >= 15 is 0 Å². The van der Waals surface area contributed by atoms with E-state index in [-0.39, 0.29) is 12.0 Å². The lowest BCUT2D eigenvalue weighted by atomic mass is 9.83. The summed E-state index contributed by atoms with van der Waals surface area (Å²) in [6, 6.07) is 0. The maximum atomic E-state index is 10.1. The van der Waals surface area contributed by atoms with Crippen molar-refractivity contribution in [2.75, 3.05) is 0 Å². The topological polar surface area (TPSA) is 20.2 Å².